The Kier molecular flexibility index (Phi) is 4.18. The predicted molar refractivity (Wildman–Crippen MR) is 75.6 cm³/mol. The van der Waals surface area contributed by atoms with Gasteiger partial charge in [-0.2, -0.15) is 0 Å². The number of rotatable bonds is 3. The second-order valence-corrected chi connectivity index (χ2v) is 5.38. The molecule has 4 heteroatoms. The third kappa shape index (κ3) is 3.54. The average Bonchev–Trinajstić information content (AvgIpc) is 2.28. The molecule has 0 heterocycles. The summed E-state index contributed by atoms with van der Waals surface area (Å²) in [6.45, 7) is 0.698. The molecular formula is C13H10Br2FN. The van der Waals surface area contributed by atoms with Crippen LogP contribution >= 0.6 is 31.9 Å². The van der Waals surface area contributed by atoms with E-state index in [1.54, 1.807) is 6.07 Å². The second kappa shape index (κ2) is 5.65. The monoisotopic (exact) mass is 357 g/mol. The Morgan fingerprint density at radius 2 is 1.88 bits per heavy atom. The molecule has 0 aliphatic carbocycles. The number of halogens is 3. The number of benzene rings is 2. The molecule has 0 saturated carbocycles. The highest BCUT2D eigenvalue weighted by molar-refractivity contribution is 9.10. The molecule has 0 atom stereocenters. The van der Waals surface area contributed by atoms with Gasteiger partial charge in [0.15, 0.2) is 0 Å². The van der Waals surface area contributed by atoms with Crippen molar-refractivity contribution < 1.29 is 4.39 Å². The summed E-state index contributed by atoms with van der Waals surface area (Å²) in [5.41, 5.74) is 2.04. The topological polar surface area (TPSA) is 12.0 Å². The van der Waals surface area contributed by atoms with Crippen LogP contribution in [0.5, 0.6) is 0 Å². The minimum absolute atomic E-state index is 0.245. The van der Waals surface area contributed by atoms with Crippen molar-refractivity contribution in [2.24, 2.45) is 0 Å². The third-order valence-corrected chi connectivity index (χ3v) is 3.45. The highest BCUT2D eigenvalue weighted by Crippen LogP contribution is 2.23. The molecule has 1 nitrogen and oxygen atoms in total. The molecule has 17 heavy (non-hydrogen) atoms. The van der Waals surface area contributed by atoms with Gasteiger partial charge in [-0.3, -0.25) is 0 Å². The molecule has 0 bridgehead atoms. The van der Waals surface area contributed by atoms with Crippen LogP contribution in [0.2, 0.25) is 0 Å². The maximum Gasteiger partial charge on any atom is 0.124 e. The lowest BCUT2D eigenvalue weighted by Crippen LogP contribution is -2.00. The third-order valence-electron chi connectivity index (χ3n) is 2.30. The SMILES string of the molecule is Fc1ccc(NCc2cccc(Br)c2)c(Br)c1. The standard InChI is InChI=1S/C13H10Br2FN/c14-10-3-1-2-9(6-10)8-17-13-5-4-11(16)7-12(13)15/h1-7,17H,8H2. The van der Waals surface area contributed by atoms with E-state index in [-0.39, 0.29) is 5.82 Å². The van der Waals surface area contributed by atoms with Crippen molar-refractivity contribution in [3.8, 4) is 0 Å². The molecule has 0 amide bonds. The molecule has 0 aliphatic rings. The first kappa shape index (κ1) is 12.6. The lowest BCUT2D eigenvalue weighted by Gasteiger charge is -2.08. The van der Waals surface area contributed by atoms with Gasteiger partial charge >= 0.3 is 0 Å². The second-order valence-electron chi connectivity index (χ2n) is 3.61. The van der Waals surface area contributed by atoms with Crippen molar-refractivity contribution >= 4 is 37.5 Å². The van der Waals surface area contributed by atoms with E-state index in [9.17, 15) is 4.39 Å². The molecule has 2 aromatic carbocycles. The number of hydrogen-bond donors (Lipinski definition) is 1. The zero-order chi connectivity index (χ0) is 12.3. The van der Waals surface area contributed by atoms with Gasteiger partial charge in [-0.05, 0) is 51.8 Å². The highest BCUT2D eigenvalue weighted by Gasteiger charge is 2.01. The molecule has 0 saturated heterocycles. The Labute approximate surface area is 116 Å². The summed E-state index contributed by atoms with van der Waals surface area (Å²) in [7, 11) is 0. The van der Waals surface area contributed by atoms with Gasteiger partial charge in [-0.1, -0.05) is 28.1 Å². The van der Waals surface area contributed by atoms with Gasteiger partial charge in [0.25, 0.3) is 0 Å². The highest BCUT2D eigenvalue weighted by atomic mass is 79.9. The van der Waals surface area contributed by atoms with Gasteiger partial charge in [0, 0.05) is 21.2 Å². The van der Waals surface area contributed by atoms with Gasteiger partial charge in [0.1, 0.15) is 5.82 Å². The van der Waals surface area contributed by atoms with Crippen LogP contribution in [0.3, 0.4) is 0 Å². The summed E-state index contributed by atoms with van der Waals surface area (Å²) in [4.78, 5) is 0. The Morgan fingerprint density at radius 3 is 2.59 bits per heavy atom. The fourth-order valence-corrected chi connectivity index (χ4v) is 2.41. The molecule has 1 N–H and O–H groups in total. The molecule has 2 aromatic rings. The smallest absolute Gasteiger partial charge is 0.124 e. The predicted octanol–water partition coefficient (Wildman–Crippen LogP) is 4.96. The largest absolute Gasteiger partial charge is 0.380 e. The number of nitrogens with one attached hydrogen (secondary N) is 1. The van der Waals surface area contributed by atoms with Gasteiger partial charge < -0.3 is 5.32 Å². The van der Waals surface area contributed by atoms with Crippen LogP contribution < -0.4 is 5.32 Å². The van der Waals surface area contributed by atoms with Crippen molar-refractivity contribution in [2.45, 2.75) is 6.54 Å². The van der Waals surface area contributed by atoms with E-state index in [1.807, 2.05) is 24.3 Å². The first-order valence-corrected chi connectivity index (χ1v) is 6.67. The van der Waals surface area contributed by atoms with Crippen molar-refractivity contribution in [1.29, 1.82) is 0 Å². The van der Waals surface area contributed by atoms with Crippen molar-refractivity contribution in [3.05, 3.63) is 62.8 Å². The summed E-state index contributed by atoms with van der Waals surface area (Å²) < 4.78 is 14.7. The Morgan fingerprint density at radius 1 is 1.06 bits per heavy atom. The first-order valence-electron chi connectivity index (χ1n) is 5.08. The summed E-state index contributed by atoms with van der Waals surface area (Å²) in [5.74, 6) is -0.245. The Balaban J connectivity index is 2.07. The molecule has 0 unspecified atom stereocenters. The maximum absolute atomic E-state index is 12.9. The molecule has 0 aromatic heterocycles. The molecule has 0 aliphatic heterocycles. The normalized spacial score (nSPS) is 10.3. The van der Waals surface area contributed by atoms with Crippen LogP contribution in [0.25, 0.3) is 0 Å². The van der Waals surface area contributed by atoms with E-state index >= 15 is 0 Å². The fourth-order valence-electron chi connectivity index (χ4n) is 1.48. The van der Waals surface area contributed by atoms with E-state index in [0.717, 1.165) is 20.2 Å². The first-order chi connectivity index (χ1) is 8.15. The zero-order valence-electron chi connectivity index (χ0n) is 8.88. The number of anilines is 1. The molecular weight excluding hydrogens is 349 g/mol. The molecule has 88 valence electrons. The molecule has 0 spiro atoms. The summed E-state index contributed by atoms with van der Waals surface area (Å²) in [6, 6.07) is 12.7. The van der Waals surface area contributed by atoms with Crippen LogP contribution in [-0.2, 0) is 6.54 Å². The average molecular weight is 359 g/mol. The maximum atomic E-state index is 12.9. The van der Waals surface area contributed by atoms with Gasteiger partial charge in [-0.15, -0.1) is 0 Å². The van der Waals surface area contributed by atoms with Crippen molar-refractivity contribution in [3.63, 3.8) is 0 Å². The lowest BCUT2D eigenvalue weighted by atomic mass is 10.2. The Hall–Kier alpha value is -0.870. The van der Waals surface area contributed by atoms with E-state index in [2.05, 4.69) is 37.2 Å². The van der Waals surface area contributed by atoms with Gasteiger partial charge in [-0.25, -0.2) is 4.39 Å². The zero-order valence-corrected chi connectivity index (χ0v) is 12.1. The van der Waals surface area contributed by atoms with Crippen LogP contribution in [0.1, 0.15) is 5.56 Å². The summed E-state index contributed by atoms with van der Waals surface area (Å²) in [5, 5.41) is 3.25. The molecule has 2 rings (SSSR count). The van der Waals surface area contributed by atoms with E-state index in [0.29, 0.717) is 6.54 Å². The van der Waals surface area contributed by atoms with Crippen LogP contribution in [0.15, 0.2) is 51.4 Å². The van der Waals surface area contributed by atoms with Crippen LogP contribution in [-0.4, -0.2) is 0 Å². The summed E-state index contributed by atoms with van der Waals surface area (Å²) >= 11 is 6.75. The van der Waals surface area contributed by atoms with E-state index in [4.69, 9.17) is 0 Å². The molecule has 0 fully saturated rings. The number of hydrogen-bond acceptors (Lipinski definition) is 1. The lowest BCUT2D eigenvalue weighted by molar-refractivity contribution is 0.627. The van der Waals surface area contributed by atoms with Gasteiger partial charge in [0.05, 0.1) is 0 Å². The molecule has 0 radical (unpaired) electrons. The van der Waals surface area contributed by atoms with Crippen LogP contribution in [0.4, 0.5) is 10.1 Å². The van der Waals surface area contributed by atoms with Gasteiger partial charge in [0.2, 0.25) is 0 Å². The fraction of sp³-hybridized carbons (Fsp3) is 0.0769. The quantitative estimate of drug-likeness (QED) is 0.817. The summed E-state index contributed by atoms with van der Waals surface area (Å²) in [6.07, 6.45) is 0. The minimum atomic E-state index is -0.245. The Bertz CT molecular complexity index is 529. The van der Waals surface area contributed by atoms with E-state index in [1.165, 1.54) is 12.1 Å². The minimum Gasteiger partial charge on any atom is -0.380 e. The van der Waals surface area contributed by atoms with Crippen molar-refractivity contribution in [2.75, 3.05) is 5.32 Å². The van der Waals surface area contributed by atoms with Crippen LogP contribution in [0, 0.1) is 5.82 Å². The van der Waals surface area contributed by atoms with Crippen molar-refractivity contribution in [1.82, 2.24) is 0 Å². The van der Waals surface area contributed by atoms with E-state index < -0.39 is 0 Å².